The van der Waals surface area contributed by atoms with Crippen LogP contribution in [0.25, 0.3) is 22.2 Å². The van der Waals surface area contributed by atoms with Gasteiger partial charge in [0.05, 0.1) is 22.8 Å². The van der Waals surface area contributed by atoms with Crippen molar-refractivity contribution in [1.82, 2.24) is 20.7 Å². The van der Waals surface area contributed by atoms with Crippen molar-refractivity contribution >= 4 is 28.4 Å². The lowest BCUT2D eigenvalue weighted by atomic mass is 10.0. The molecule has 0 aliphatic carbocycles. The average molecular weight is 491 g/mol. The van der Waals surface area contributed by atoms with Gasteiger partial charge in [0, 0.05) is 40.2 Å². The third-order valence-electron chi connectivity index (χ3n) is 6.30. The fraction of sp³-hybridized carbons (Fsp3) is 0.172. The molecule has 2 amide bonds. The number of nitrogen functional groups attached to an aromatic ring is 1. The first kappa shape index (κ1) is 24.1. The minimum Gasteiger partial charge on any atom is -0.325 e. The maximum absolute atomic E-state index is 12.4. The SMILES string of the molecule is NNC(=O)c1cc(-c2ccc(C#Cc3ccc(NC(=O)C4CCCCN4)cc3)cc2)nc2ccncc12. The van der Waals surface area contributed by atoms with Gasteiger partial charge in [-0.05, 0) is 67.9 Å². The molecule has 2 aromatic carbocycles. The van der Waals surface area contributed by atoms with Gasteiger partial charge in [0.1, 0.15) is 0 Å². The van der Waals surface area contributed by atoms with Gasteiger partial charge in [-0.3, -0.25) is 20.0 Å². The number of hydrogen-bond donors (Lipinski definition) is 4. The highest BCUT2D eigenvalue weighted by atomic mass is 16.2. The molecule has 8 nitrogen and oxygen atoms in total. The van der Waals surface area contributed by atoms with Crippen LogP contribution in [0.1, 0.15) is 40.7 Å². The molecule has 1 saturated heterocycles. The number of piperidine rings is 1. The molecule has 1 unspecified atom stereocenters. The van der Waals surface area contributed by atoms with Crippen molar-refractivity contribution in [3.63, 3.8) is 0 Å². The van der Waals surface area contributed by atoms with Crippen molar-refractivity contribution in [3.8, 4) is 23.1 Å². The molecule has 2 aromatic heterocycles. The van der Waals surface area contributed by atoms with Crippen LogP contribution in [0.3, 0.4) is 0 Å². The van der Waals surface area contributed by atoms with E-state index in [4.69, 9.17) is 5.84 Å². The number of hydrogen-bond acceptors (Lipinski definition) is 6. The molecule has 8 heteroatoms. The molecule has 37 heavy (non-hydrogen) atoms. The lowest BCUT2D eigenvalue weighted by molar-refractivity contribution is -0.118. The first-order chi connectivity index (χ1) is 18.1. The molecule has 4 aromatic rings. The minimum absolute atomic E-state index is 0.00645. The van der Waals surface area contributed by atoms with Gasteiger partial charge in [-0.25, -0.2) is 10.8 Å². The highest BCUT2D eigenvalue weighted by molar-refractivity contribution is 6.06. The normalized spacial score (nSPS) is 14.9. The first-order valence-corrected chi connectivity index (χ1v) is 12.1. The second kappa shape index (κ2) is 11.0. The number of nitrogens with one attached hydrogen (secondary N) is 3. The van der Waals surface area contributed by atoms with Crippen LogP contribution >= 0.6 is 0 Å². The number of benzene rings is 2. The van der Waals surface area contributed by atoms with E-state index in [0.717, 1.165) is 48.2 Å². The zero-order valence-corrected chi connectivity index (χ0v) is 20.1. The van der Waals surface area contributed by atoms with Crippen LogP contribution in [-0.2, 0) is 4.79 Å². The number of nitrogens with zero attached hydrogens (tertiary/aromatic N) is 2. The van der Waals surface area contributed by atoms with Gasteiger partial charge in [-0.1, -0.05) is 30.4 Å². The van der Waals surface area contributed by atoms with Crippen LogP contribution in [0.5, 0.6) is 0 Å². The van der Waals surface area contributed by atoms with E-state index in [0.29, 0.717) is 22.2 Å². The van der Waals surface area contributed by atoms with Crippen LogP contribution in [0.4, 0.5) is 5.69 Å². The molecule has 0 bridgehead atoms. The Bertz CT molecular complexity index is 1500. The molecule has 1 fully saturated rings. The Hall–Kier alpha value is -4.58. The largest absolute Gasteiger partial charge is 0.325 e. The maximum Gasteiger partial charge on any atom is 0.265 e. The molecule has 0 saturated carbocycles. The Labute approximate surface area is 214 Å². The Morgan fingerprint density at radius 2 is 1.70 bits per heavy atom. The van der Waals surface area contributed by atoms with Crippen molar-refractivity contribution in [3.05, 3.63) is 89.7 Å². The van der Waals surface area contributed by atoms with E-state index in [-0.39, 0.29) is 11.9 Å². The molecule has 1 aliphatic rings. The molecule has 3 heterocycles. The third kappa shape index (κ3) is 5.64. The molecule has 1 aliphatic heterocycles. The summed E-state index contributed by atoms with van der Waals surface area (Å²) >= 11 is 0. The number of hydrazine groups is 1. The zero-order chi connectivity index (χ0) is 25.6. The second-order valence-electron chi connectivity index (χ2n) is 8.82. The van der Waals surface area contributed by atoms with Gasteiger partial charge in [0.2, 0.25) is 5.91 Å². The van der Waals surface area contributed by atoms with Gasteiger partial charge >= 0.3 is 0 Å². The van der Waals surface area contributed by atoms with Crippen molar-refractivity contribution < 1.29 is 9.59 Å². The second-order valence-corrected chi connectivity index (χ2v) is 8.82. The predicted octanol–water partition coefficient (Wildman–Crippen LogP) is 3.38. The standard InChI is InChI=1S/C29H26N6O2/c30-35-28(36)23-17-27(34-25-14-16-31-18-24(23)25)21-10-6-19(7-11-21)4-5-20-8-12-22(13-9-20)33-29(37)26-3-1-2-15-32-26/h6-14,16-18,26,32H,1-3,15,30H2,(H,33,37)(H,35,36). The van der Waals surface area contributed by atoms with Crippen LogP contribution in [0, 0.1) is 11.8 Å². The number of carbonyl (C=O) groups excluding carboxylic acids is 2. The molecule has 5 N–H and O–H groups in total. The highest BCUT2D eigenvalue weighted by Gasteiger charge is 2.20. The fourth-order valence-corrected chi connectivity index (χ4v) is 4.29. The Kier molecular flexibility index (Phi) is 7.17. The van der Waals surface area contributed by atoms with Gasteiger partial charge < -0.3 is 10.6 Å². The third-order valence-corrected chi connectivity index (χ3v) is 6.30. The van der Waals surface area contributed by atoms with E-state index in [1.807, 2.05) is 48.5 Å². The predicted molar refractivity (Wildman–Crippen MR) is 143 cm³/mol. The zero-order valence-electron chi connectivity index (χ0n) is 20.1. The first-order valence-electron chi connectivity index (χ1n) is 12.1. The van der Waals surface area contributed by atoms with Gasteiger partial charge in [-0.15, -0.1) is 0 Å². The van der Waals surface area contributed by atoms with E-state index < -0.39 is 5.91 Å². The smallest absolute Gasteiger partial charge is 0.265 e. The maximum atomic E-state index is 12.4. The summed E-state index contributed by atoms with van der Waals surface area (Å²) in [6, 6.07) is 18.5. The quantitative estimate of drug-likeness (QED) is 0.151. The van der Waals surface area contributed by atoms with E-state index in [2.05, 4.69) is 37.9 Å². The molecule has 184 valence electrons. The summed E-state index contributed by atoms with van der Waals surface area (Å²) in [6.07, 6.45) is 6.29. The van der Waals surface area contributed by atoms with Crippen LogP contribution in [0.2, 0.25) is 0 Å². The summed E-state index contributed by atoms with van der Waals surface area (Å²) in [5.41, 5.74) is 7.20. The number of pyridine rings is 2. The molecular formula is C29H26N6O2. The number of amides is 2. The van der Waals surface area contributed by atoms with E-state index in [1.165, 1.54) is 0 Å². The Morgan fingerprint density at radius 1 is 0.973 bits per heavy atom. The summed E-state index contributed by atoms with van der Waals surface area (Å²) < 4.78 is 0. The molecule has 0 spiro atoms. The van der Waals surface area contributed by atoms with Gasteiger partial charge in [0.15, 0.2) is 0 Å². The fourth-order valence-electron chi connectivity index (χ4n) is 4.29. The summed E-state index contributed by atoms with van der Waals surface area (Å²) in [6.45, 7) is 0.885. The van der Waals surface area contributed by atoms with E-state index in [9.17, 15) is 9.59 Å². The Morgan fingerprint density at radius 3 is 2.38 bits per heavy atom. The Balaban J connectivity index is 1.29. The summed E-state index contributed by atoms with van der Waals surface area (Å²) in [5.74, 6) is 11.3. The summed E-state index contributed by atoms with van der Waals surface area (Å²) in [7, 11) is 0. The van der Waals surface area contributed by atoms with Crippen LogP contribution in [0.15, 0.2) is 73.1 Å². The number of nitrogens with two attached hydrogens (primary N) is 1. The molecular weight excluding hydrogens is 464 g/mol. The van der Waals surface area contributed by atoms with Crippen molar-refractivity contribution in [1.29, 1.82) is 0 Å². The average Bonchev–Trinajstić information content (AvgIpc) is 2.96. The van der Waals surface area contributed by atoms with Gasteiger partial charge in [-0.2, -0.15) is 0 Å². The van der Waals surface area contributed by atoms with Crippen LogP contribution in [-0.4, -0.2) is 34.4 Å². The van der Waals surface area contributed by atoms with E-state index in [1.54, 1.807) is 24.5 Å². The summed E-state index contributed by atoms with van der Waals surface area (Å²) in [5, 5.41) is 6.86. The van der Waals surface area contributed by atoms with E-state index >= 15 is 0 Å². The number of aromatic nitrogens is 2. The topological polar surface area (TPSA) is 122 Å². The van der Waals surface area contributed by atoms with Crippen molar-refractivity contribution in [2.24, 2.45) is 5.84 Å². The summed E-state index contributed by atoms with van der Waals surface area (Å²) in [4.78, 5) is 33.5. The highest BCUT2D eigenvalue weighted by Crippen LogP contribution is 2.24. The van der Waals surface area contributed by atoms with Crippen molar-refractivity contribution in [2.75, 3.05) is 11.9 Å². The molecule has 0 radical (unpaired) electrons. The molecule has 1 atom stereocenters. The number of rotatable bonds is 4. The number of anilines is 1. The number of carbonyl (C=O) groups is 2. The number of fused-ring (bicyclic) bond motifs is 1. The lowest BCUT2D eigenvalue weighted by Crippen LogP contribution is -2.43. The lowest BCUT2D eigenvalue weighted by Gasteiger charge is -2.22. The monoisotopic (exact) mass is 490 g/mol. The van der Waals surface area contributed by atoms with Crippen molar-refractivity contribution in [2.45, 2.75) is 25.3 Å². The minimum atomic E-state index is -0.402. The van der Waals surface area contributed by atoms with Crippen LogP contribution < -0.4 is 21.9 Å². The van der Waals surface area contributed by atoms with Gasteiger partial charge in [0.25, 0.3) is 5.91 Å². The molecule has 5 rings (SSSR count).